The predicted molar refractivity (Wildman–Crippen MR) is 171 cm³/mol. The normalized spacial score (nSPS) is 17.3. The number of imidazole rings is 1. The molecular weight excluding hydrogens is 579 g/mol. The van der Waals surface area contributed by atoms with Crippen LogP contribution in [-0.2, 0) is 15.7 Å². The first-order valence-electron chi connectivity index (χ1n) is 15.2. The van der Waals surface area contributed by atoms with E-state index in [9.17, 15) is 14.0 Å². The van der Waals surface area contributed by atoms with Gasteiger partial charge in [-0.25, -0.2) is 18.8 Å². The molecule has 0 aliphatic heterocycles. The van der Waals surface area contributed by atoms with Crippen molar-refractivity contribution in [3.05, 3.63) is 70.9 Å². The van der Waals surface area contributed by atoms with Gasteiger partial charge in [-0.3, -0.25) is 4.79 Å². The van der Waals surface area contributed by atoms with Crippen molar-refractivity contribution in [2.75, 3.05) is 19.6 Å². The summed E-state index contributed by atoms with van der Waals surface area (Å²) >= 11 is 0. The van der Waals surface area contributed by atoms with Gasteiger partial charge in [-0.15, -0.1) is 0 Å². The van der Waals surface area contributed by atoms with Crippen LogP contribution >= 0.6 is 0 Å². The maximum absolute atomic E-state index is 13.7. The van der Waals surface area contributed by atoms with Crippen molar-refractivity contribution in [3.8, 4) is 17.0 Å². The van der Waals surface area contributed by atoms with Crippen LogP contribution in [0.5, 0.6) is 5.75 Å². The largest absolute Gasteiger partial charge is 0.496 e. The van der Waals surface area contributed by atoms with E-state index in [0.29, 0.717) is 17.1 Å². The summed E-state index contributed by atoms with van der Waals surface area (Å²) in [5.41, 5.74) is 2.30. The minimum Gasteiger partial charge on any atom is -0.496 e. The van der Waals surface area contributed by atoms with E-state index in [0.717, 1.165) is 37.3 Å². The number of nitrogens with two attached hydrogens (primary N) is 1. The van der Waals surface area contributed by atoms with Gasteiger partial charge >= 0.3 is 5.97 Å². The van der Waals surface area contributed by atoms with Crippen LogP contribution in [0.2, 0.25) is 18.1 Å². The number of esters is 1. The molecule has 2 aromatic carbocycles. The van der Waals surface area contributed by atoms with Gasteiger partial charge in [0.15, 0.2) is 14.0 Å². The molecule has 0 radical (unpaired) electrons. The van der Waals surface area contributed by atoms with Crippen LogP contribution in [0, 0.1) is 5.82 Å². The van der Waals surface area contributed by atoms with Crippen molar-refractivity contribution in [2.24, 2.45) is 0 Å². The van der Waals surface area contributed by atoms with E-state index in [4.69, 9.17) is 24.7 Å². The second kappa shape index (κ2) is 13.5. The molecule has 1 saturated carbocycles. The van der Waals surface area contributed by atoms with Crippen molar-refractivity contribution in [1.82, 2.24) is 15.0 Å². The first kappa shape index (κ1) is 33.2. The third-order valence-corrected chi connectivity index (χ3v) is 13.3. The lowest BCUT2D eigenvalue weighted by Crippen LogP contribution is -2.44. The van der Waals surface area contributed by atoms with Crippen LogP contribution in [0.1, 0.15) is 91.5 Å². The number of halogens is 1. The SMILES string of the molecule is CCOC(=O)c1c(-c2ccc(CNC(=O)c3cc(F)ccc3OC)cc2)nc(C2CCC(O[Si](C)(C)C(C)(C)C)CC2)n1N. The summed E-state index contributed by atoms with van der Waals surface area (Å²) in [4.78, 5) is 30.7. The Balaban J connectivity index is 1.50. The fourth-order valence-electron chi connectivity index (χ4n) is 5.28. The van der Waals surface area contributed by atoms with E-state index in [1.807, 2.05) is 24.3 Å². The molecule has 0 atom stereocenters. The monoisotopic (exact) mass is 624 g/mol. The summed E-state index contributed by atoms with van der Waals surface area (Å²) in [6.45, 7) is 13.5. The number of hydrogen-bond acceptors (Lipinski definition) is 7. The Labute approximate surface area is 260 Å². The maximum Gasteiger partial charge on any atom is 0.359 e. The number of aromatic nitrogens is 2. The number of amides is 1. The average Bonchev–Trinajstić information content (AvgIpc) is 3.32. The van der Waals surface area contributed by atoms with E-state index >= 15 is 0 Å². The number of benzene rings is 2. The highest BCUT2D eigenvalue weighted by atomic mass is 28.4. The number of carbonyl (C=O) groups excluding carboxylic acids is 2. The van der Waals surface area contributed by atoms with E-state index in [1.54, 1.807) is 6.92 Å². The van der Waals surface area contributed by atoms with Crippen molar-refractivity contribution >= 4 is 20.2 Å². The molecule has 0 unspecified atom stereocenters. The number of rotatable bonds is 10. The van der Waals surface area contributed by atoms with Crippen molar-refractivity contribution in [1.29, 1.82) is 0 Å². The molecule has 0 saturated heterocycles. The van der Waals surface area contributed by atoms with Gasteiger partial charge in [0, 0.05) is 24.1 Å². The Bertz CT molecular complexity index is 1470. The molecule has 1 aromatic heterocycles. The molecule has 44 heavy (non-hydrogen) atoms. The number of nitrogens with one attached hydrogen (secondary N) is 1. The molecule has 1 amide bonds. The second-order valence-electron chi connectivity index (χ2n) is 12.8. The minimum atomic E-state index is -1.87. The molecule has 3 aromatic rings. The highest BCUT2D eigenvalue weighted by Crippen LogP contribution is 2.41. The summed E-state index contributed by atoms with van der Waals surface area (Å²) in [5, 5.41) is 2.95. The van der Waals surface area contributed by atoms with Crippen LogP contribution in [-0.4, -0.2) is 49.7 Å². The third-order valence-electron chi connectivity index (χ3n) is 8.80. The lowest BCUT2D eigenvalue weighted by atomic mass is 9.87. The molecule has 0 bridgehead atoms. The molecule has 0 spiro atoms. The molecule has 4 rings (SSSR count). The lowest BCUT2D eigenvalue weighted by molar-refractivity contribution is 0.0516. The molecular formula is C33H45FN4O5Si. The van der Waals surface area contributed by atoms with Gasteiger partial charge in [0.25, 0.3) is 5.91 Å². The molecule has 1 aliphatic rings. The first-order chi connectivity index (χ1) is 20.8. The van der Waals surface area contributed by atoms with E-state index in [-0.39, 0.29) is 47.2 Å². The van der Waals surface area contributed by atoms with Crippen LogP contribution in [0.3, 0.4) is 0 Å². The molecule has 3 N–H and O–H groups in total. The fourth-order valence-corrected chi connectivity index (χ4v) is 6.70. The minimum absolute atomic E-state index is 0.0930. The highest BCUT2D eigenvalue weighted by Gasteiger charge is 2.40. The van der Waals surface area contributed by atoms with Crippen LogP contribution in [0.4, 0.5) is 4.39 Å². The van der Waals surface area contributed by atoms with Gasteiger partial charge in [0.2, 0.25) is 0 Å². The topological polar surface area (TPSA) is 118 Å². The van der Waals surface area contributed by atoms with E-state index < -0.39 is 26.0 Å². The number of nitrogens with zero attached hydrogens (tertiary/aromatic N) is 2. The Kier molecular flexibility index (Phi) is 10.2. The molecule has 9 nitrogen and oxygen atoms in total. The van der Waals surface area contributed by atoms with Crippen LogP contribution < -0.4 is 15.9 Å². The van der Waals surface area contributed by atoms with E-state index in [2.05, 4.69) is 39.2 Å². The van der Waals surface area contributed by atoms with Gasteiger partial charge in [0.1, 0.15) is 23.1 Å². The van der Waals surface area contributed by atoms with Crippen LogP contribution in [0.15, 0.2) is 42.5 Å². The van der Waals surface area contributed by atoms with Gasteiger partial charge in [-0.2, -0.15) is 0 Å². The standard InChI is InChI=1S/C33H45FN4O5Si/c1-8-42-32(40)29-28(37-30(38(29)35)23-13-16-25(17-14-23)43-44(6,7)33(2,3)4)22-11-9-21(10-12-22)20-36-31(39)26-19-24(34)15-18-27(26)41-5/h9-12,15,18-19,23,25H,8,13-14,16-17,20,35H2,1-7H3,(H,36,39). The van der Waals surface area contributed by atoms with Gasteiger partial charge in [-0.1, -0.05) is 45.0 Å². The maximum atomic E-state index is 13.7. The quantitative estimate of drug-likeness (QED) is 0.149. The smallest absolute Gasteiger partial charge is 0.359 e. The Morgan fingerprint density at radius 3 is 2.34 bits per heavy atom. The third kappa shape index (κ3) is 7.32. The zero-order valence-corrected chi connectivity index (χ0v) is 27.8. The Morgan fingerprint density at radius 2 is 1.75 bits per heavy atom. The van der Waals surface area contributed by atoms with Gasteiger partial charge in [0.05, 0.1) is 19.3 Å². The van der Waals surface area contributed by atoms with Crippen molar-refractivity contribution in [3.63, 3.8) is 0 Å². The number of methoxy groups -OCH3 is 1. The van der Waals surface area contributed by atoms with Gasteiger partial charge in [-0.05, 0) is 74.5 Å². The second-order valence-corrected chi connectivity index (χ2v) is 17.6. The fraction of sp³-hybridized carbons (Fsp3) is 0.485. The van der Waals surface area contributed by atoms with Crippen LogP contribution in [0.25, 0.3) is 11.3 Å². The summed E-state index contributed by atoms with van der Waals surface area (Å²) in [5.74, 6) is 6.08. The summed E-state index contributed by atoms with van der Waals surface area (Å²) in [7, 11) is -0.442. The zero-order valence-electron chi connectivity index (χ0n) is 26.8. The average molecular weight is 625 g/mol. The Hall–Kier alpha value is -3.70. The lowest BCUT2D eigenvalue weighted by Gasteiger charge is -2.41. The Morgan fingerprint density at radius 1 is 1.09 bits per heavy atom. The molecule has 1 fully saturated rings. The van der Waals surface area contributed by atoms with Crippen molar-refractivity contribution < 1.29 is 27.9 Å². The summed E-state index contributed by atoms with van der Waals surface area (Å²) in [6, 6.07) is 11.1. The van der Waals surface area contributed by atoms with Crippen molar-refractivity contribution in [2.45, 2.75) is 90.1 Å². The molecule has 238 valence electrons. The molecule has 11 heteroatoms. The molecule has 1 heterocycles. The zero-order chi connectivity index (χ0) is 32.2. The number of carbonyl (C=O) groups is 2. The van der Waals surface area contributed by atoms with Gasteiger partial charge < -0.3 is 25.1 Å². The summed E-state index contributed by atoms with van der Waals surface area (Å²) < 4.78 is 32.3. The summed E-state index contributed by atoms with van der Waals surface area (Å²) in [6.07, 6.45) is 3.77. The predicted octanol–water partition coefficient (Wildman–Crippen LogP) is 6.57. The number of nitrogen functional groups attached to an aromatic ring is 1. The molecule has 1 aliphatic carbocycles. The van der Waals surface area contributed by atoms with E-state index in [1.165, 1.54) is 23.9 Å². The first-order valence-corrected chi connectivity index (χ1v) is 18.1. The highest BCUT2D eigenvalue weighted by molar-refractivity contribution is 6.74. The number of hydrogen-bond donors (Lipinski definition) is 2. The number of ether oxygens (including phenoxy) is 2.